The number of methoxy groups -OCH3 is 2. The van der Waals surface area contributed by atoms with Gasteiger partial charge in [-0.15, -0.1) is 11.6 Å². The molecule has 1 atom stereocenters. The van der Waals surface area contributed by atoms with Gasteiger partial charge in [-0.2, -0.15) is 0 Å². The van der Waals surface area contributed by atoms with Crippen LogP contribution in [-0.4, -0.2) is 14.2 Å². The molecule has 0 aliphatic carbocycles. The van der Waals surface area contributed by atoms with Crippen molar-refractivity contribution < 1.29 is 9.47 Å². The van der Waals surface area contributed by atoms with Crippen LogP contribution < -0.4 is 9.47 Å². The molecule has 0 aliphatic rings. The van der Waals surface area contributed by atoms with Crippen molar-refractivity contribution in [3.63, 3.8) is 0 Å². The zero-order valence-corrected chi connectivity index (χ0v) is 14.2. The first-order valence-corrected chi connectivity index (χ1v) is 7.48. The topological polar surface area (TPSA) is 18.5 Å². The predicted octanol–water partition coefficient (Wildman–Crippen LogP) is 5.65. The van der Waals surface area contributed by atoms with Crippen molar-refractivity contribution in [2.24, 2.45) is 0 Å². The monoisotopic (exact) mass is 344 g/mol. The Balaban J connectivity index is 2.47. The maximum Gasteiger partial charge on any atom is 0.162 e. The third-order valence-corrected chi connectivity index (χ3v) is 4.49. The van der Waals surface area contributed by atoms with E-state index in [4.69, 9.17) is 44.3 Å². The van der Waals surface area contributed by atoms with Gasteiger partial charge in [0.15, 0.2) is 11.5 Å². The van der Waals surface area contributed by atoms with Gasteiger partial charge in [0.2, 0.25) is 0 Å². The van der Waals surface area contributed by atoms with Gasteiger partial charge >= 0.3 is 0 Å². The summed E-state index contributed by atoms with van der Waals surface area (Å²) < 4.78 is 10.5. The van der Waals surface area contributed by atoms with Crippen molar-refractivity contribution in [3.8, 4) is 11.5 Å². The van der Waals surface area contributed by atoms with Crippen molar-refractivity contribution in [2.75, 3.05) is 14.2 Å². The molecular weight excluding hydrogens is 331 g/mol. The lowest BCUT2D eigenvalue weighted by Crippen LogP contribution is -1.98. The summed E-state index contributed by atoms with van der Waals surface area (Å²) in [5.41, 5.74) is 2.62. The Morgan fingerprint density at radius 2 is 1.52 bits per heavy atom. The summed E-state index contributed by atoms with van der Waals surface area (Å²) in [6.07, 6.45) is 0. The number of hydrogen-bond acceptors (Lipinski definition) is 2. The third-order valence-electron chi connectivity index (χ3n) is 3.26. The van der Waals surface area contributed by atoms with Gasteiger partial charge in [-0.1, -0.05) is 35.3 Å². The van der Waals surface area contributed by atoms with Gasteiger partial charge in [0.05, 0.1) is 19.6 Å². The maximum atomic E-state index is 6.55. The second-order valence-electron chi connectivity index (χ2n) is 4.60. The number of rotatable bonds is 4. The lowest BCUT2D eigenvalue weighted by molar-refractivity contribution is 0.354. The first-order chi connectivity index (χ1) is 9.97. The normalized spacial score (nSPS) is 12.1. The van der Waals surface area contributed by atoms with Crippen LogP contribution in [0.2, 0.25) is 10.0 Å². The number of ether oxygens (including phenoxy) is 2. The van der Waals surface area contributed by atoms with E-state index < -0.39 is 5.38 Å². The Bertz CT molecular complexity index is 656. The molecule has 0 bridgehead atoms. The van der Waals surface area contributed by atoms with Gasteiger partial charge in [0, 0.05) is 16.1 Å². The average Bonchev–Trinajstić information content (AvgIpc) is 2.49. The Morgan fingerprint density at radius 1 is 0.905 bits per heavy atom. The molecule has 0 amide bonds. The molecule has 0 fully saturated rings. The number of hydrogen-bond donors (Lipinski definition) is 0. The molecule has 0 aromatic heterocycles. The highest BCUT2D eigenvalue weighted by molar-refractivity contribution is 6.33. The second kappa shape index (κ2) is 6.78. The summed E-state index contributed by atoms with van der Waals surface area (Å²) in [6.45, 7) is 1.94. The van der Waals surface area contributed by atoms with Crippen LogP contribution in [0.3, 0.4) is 0 Å². The number of alkyl halides is 1. The minimum Gasteiger partial charge on any atom is -0.493 e. The fraction of sp³-hybridized carbons (Fsp3) is 0.250. The van der Waals surface area contributed by atoms with Gasteiger partial charge in [-0.05, 0) is 35.7 Å². The van der Waals surface area contributed by atoms with E-state index in [1.807, 2.05) is 25.1 Å². The molecule has 0 radical (unpaired) electrons. The predicted molar refractivity (Wildman–Crippen MR) is 88.4 cm³/mol. The standard InChI is InChI=1S/C16H15Cl3O2/c1-9-4-5-10(6-12(9)17)16(19)11-7-14(20-2)15(21-3)8-13(11)18/h4-8,16H,1-3H3. The summed E-state index contributed by atoms with van der Waals surface area (Å²) in [7, 11) is 3.13. The molecule has 0 aliphatic heterocycles. The minimum absolute atomic E-state index is 0.421. The second-order valence-corrected chi connectivity index (χ2v) is 5.85. The molecule has 5 heteroatoms. The molecule has 112 valence electrons. The molecule has 0 spiro atoms. The van der Waals surface area contributed by atoms with Crippen molar-refractivity contribution >= 4 is 34.8 Å². The van der Waals surface area contributed by atoms with E-state index in [2.05, 4.69) is 0 Å². The first-order valence-electron chi connectivity index (χ1n) is 6.29. The molecule has 2 aromatic carbocycles. The molecule has 21 heavy (non-hydrogen) atoms. The Kier molecular flexibility index (Phi) is 5.26. The first kappa shape index (κ1) is 16.3. The van der Waals surface area contributed by atoms with E-state index in [0.29, 0.717) is 21.5 Å². The molecule has 0 N–H and O–H groups in total. The summed E-state index contributed by atoms with van der Waals surface area (Å²) in [5.74, 6) is 1.15. The van der Waals surface area contributed by atoms with Gasteiger partial charge in [-0.3, -0.25) is 0 Å². The van der Waals surface area contributed by atoms with E-state index in [1.165, 1.54) is 0 Å². The Hall–Kier alpha value is -1.09. The maximum absolute atomic E-state index is 6.55. The third kappa shape index (κ3) is 3.39. The fourth-order valence-corrected chi connectivity index (χ4v) is 2.83. The van der Waals surface area contributed by atoms with Crippen molar-refractivity contribution in [1.82, 2.24) is 0 Å². The summed E-state index contributed by atoms with van der Waals surface area (Å²) in [5, 5.41) is 0.773. The molecule has 1 unspecified atom stereocenters. The summed E-state index contributed by atoms with van der Waals surface area (Å²) in [6, 6.07) is 9.20. The highest BCUT2D eigenvalue weighted by Crippen LogP contribution is 2.41. The van der Waals surface area contributed by atoms with Gasteiger partial charge in [-0.25, -0.2) is 0 Å². The van der Waals surface area contributed by atoms with Crippen LogP contribution in [-0.2, 0) is 0 Å². The van der Waals surface area contributed by atoms with Crippen LogP contribution in [0.4, 0.5) is 0 Å². The lowest BCUT2D eigenvalue weighted by atomic mass is 10.0. The number of benzene rings is 2. The molecule has 2 aromatic rings. The van der Waals surface area contributed by atoms with Gasteiger partial charge < -0.3 is 9.47 Å². The largest absolute Gasteiger partial charge is 0.493 e. The molecule has 0 saturated heterocycles. The van der Waals surface area contributed by atoms with Crippen LogP contribution in [0.25, 0.3) is 0 Å². The van der Waals surface area contributed by atoms with Gasteiger partial charge in [0.25, 0.3) is 0 Å². The van der Waals surface area contributed by atoms with E-state index in [9.17, 15) is 0 Å². The molecular formula is C16H15Cl3O2. The van der Waals surface area contributed by atoms with Crippen LogP contribution in [0, 0.1) is 6.92 Å². The lowest BCUT2D eigenvalue weighted by Gasteiger charge is -2.16. The van der Waals surface area contributed by atoms with E-state index >= 15 is 0 Å². The van der Waals surface area contributed by atoms with Crippen molar-refractivity contribution in [2.45, 2.75) is 12.3 Å². The highest BCUT2D eigenvalue weighted by atomic mass is 35.5. The highest BCUT2D eigenvalue weighted by Gasteiger charge is 2.18. The fourth-order valence-electron chi connectivity index (χ4n) is 2.01. The number of halogens is 3. The van der Waals surface area contributed by atoms with E-state index in [-0.39, 0.29) is 0 Å². The van der Waals surface area contributed by atoms with Crippen LogP contribution >= 0.6 is 34.8 Å². The molecule has 0 heterocycles. The van der Waals surface area contributed by atoms with Crippen LogP contribution in [0.15, 0.2) is 30.3 Å². The SMILES string of the molecule is COc1cc(Cl)c(C(Cl)c2ccc(C)c(Cl)c2)cc1OC. The van der Waals surface area contributed by atoms with E-state index in [0.717, 1.165) is 16.7 Å². The molecule has 2 nitrogen and oxygen atoms in total. The van der Waals surface area contributed by atoms with Crippen LogP contribution in [0.1, 0.15) is 22.1 Å². The van der Waals surface area contributed by atoms with Crippen LogP contribution in [0.5, 0.6) is 11.5 Å². The summed E-state index contributed by atoms with van der Waals surface area (Å²) in [4.78, 5) is 0. The Labute approximate surface area is 139 Å². The van der Waals surface area contributed by atoms with E-state index in [1.54, 1.807) is 26.4 Å². The smallest absolute Gasteiger partial charge is 0.162 e. The quantitative estimate of drug-likeness (QED) is 0.667. The zero-order valence-electron chi connectivity index (χ0n) is 11.9. The average molecular weight is 346 g/mol. The van der Waals surface area contributed by atoms with Gasteiger partial charge in [0.1, 0.15) is 0 Å². The zero-order chi connectivity index (χ0) is 15.6. The van der Waals surface area contributed by atoms with Crippen molar-refractivity contribution in [1.29, 1.82) is 0 Å². The molecule has 2 rings (SSSR count). The minimum atomic E-state index is -0.421. The molecule has 0 saturated carbocycles. The van der Waals surface area contributed by atoms with Crippen molar-refractivity contribution in [3.05, 3.63) is 57.1 Å². The Morgan fingerprint density at radius 3 is 2.10 bits per heavy atom. The summed E-state index contributed by atoms with van der Waals surface area (Å²) >= 11 is 19.0. The number of aryl methyl sites for hydroxylation is 1.